The molecule has 3 nitrogen and oxygen atoms in total. The van der Waals surface area contributed by atoms with Crippen LogP contribution in [0.25, 0.3) is 11.6 Å². The third-order valence-corrected chi connectivity index (χ3v) is 2.95. The Bertz CT molecular complexity index is 664. The molecule has 1 aliphatic rings. The molecule has 1 aromatic carbocycles. The van der Waals surface area contributed by atoms with Crippen molar-refractivity contribution in [2.24, 2.45) is 0 Å². The smallest absolute Gasteiger partial charge is 0.256 e. The largest absolute Gasteiger partial charge is 0.321 e. The number of anilines is 1. The molecule has 1 N–H and O–H groups in total. The van der Waals surface area contributed by atoms with Crippen molar-refractivity contribution in [3.8, 4) is 0 Å². The average Bonchev–Trinajstić information content (AvgIpc) is 2.66. The molecule has 0 saturated carbocycles. The number of hydrogen-bond donors (Lipinski definition) is 1. The van der Waals surface area contributed by atoms with E-state index >= 15 is 0 Å². The SMILES string of the molecule is O=C1Nc2ccccc2C1=Cc1cncc(Cl)c1. The summed E-state index contributed by atoms with van der Waals surface area (Å²) < 4.78 is 0. The summed E-state index contributed by atoms with van der Waals surface area (Å²) in [5.41, 5.74) is 3.19. The molecule has 1 aromatic heterocycles. The van der Waals surface area contributed by atoms with E-state index in [-0.39, 0.29) is 5.91 Å². The molecular weight excluding hydrogens is 248 g/mol. The van der Waals surface area contributed by atoms with Crippen molar-refractivity contribution in [2.45, 2.75) is 0 Å². The Hall–Kier alpha value is -2.13. The van der Waals surface area contributed by atoms with Gasteiger partial charge in [0.1, 0.15) is 0 Å². The summed E-state index contributed by atoms with van der Waals surface area (Å²) in [7, 11) is 0. The summed E-state index contributed by atoms with van der Waals surface area (Å²) >= 11 is 5.87. The van der Waals surface area contributed by atoms with Gasteiger partial charge in [-0.25, -0.2) is 0 Å². The second kappa shape index (κ2) is 4.27. The van der Waals surface area contributed by atoms with Gasteiger partial charge in [0.25, 0.3) is 5.91 Å². The normalized spacial score (nSPS) is 15.6. The van der Waals surface area contributed by atoms with Crippen molar-refractivity contribution < 1.29 is 4.79 Å². The second-order valence-corrected chi connectivity index (χ2v) is 4.43. The maximum absolute atomic E-state index is 11.9. The molecule has 2 heterocycles. The quantitative estimate of drug-likeness (QED) is 0.796. The number of benzene rings is 1. The minimum Gasteiger partial charge on any atom is -0.321 e. The van der Waals surface area contributed by atoms with Crippen LogP contribution in [0.4, 0.5) is 5.69 Å². The lowest BCUT2D eigenvalue weighted by Gasteiger charge is -1.98. The number of pyridine rings is 1. The summed E-state index contributed by atoms with van der Waals surface area (Å²) in [6.07, 6.45) is 5.03. The van der Waals surface area contributed by atoms with Gasteiger partial charge in [0.05, 0.1) is 5.02 Å². The Labute approximate surface area is 109 Å². The van der Waals surface area contributed by atoms with Crippen LogP contribution in [-0.4, -0.2) is 10.9 Å². The van der Waals surface area contributed by atoms with E-state index in [0.29, 0.717) is 10.6 Å². The molecule has 0 fully saturated rings. The molecule has 1 amide bonds. The Morgan fingerprint density at radius 3 is 2.89 bits per heavy atom. The first-order valence-electron chi connectivity index (χ1n) is 5.47. The first-order valence-corrected chi connectivity index (χ1v) is 5.85. The highest BCUT2D eigenvalue weighted by molar-refractivity contribution is 6.35. The Morgan fingerprint density at radius 1 is 1.22 bits per heavy atom. The number of nitrogens with one attached hydrogen (secondary N) is 1. The van der Waals surface area contributed by atoms with Crippen molar-refractivity contribution in [3.05, 3.63) is 58.9 Å². The Morgan fingerprint density at radius 2 is 2.06 bits per heavy atom. The summed E-state index contributed by atoms with van der Waals surface area (Å²) in [5.74, 6) is -0.101. The van der Waals surface area contributed by atoms with Crippen LogP contribution in [0, 0.1) is 0 Å². The average molecular weight is 257 g/mol. The van der Waals surface area contributed by atoms with E-state index in [1.807, 2.05) is 24.3 Å². The standard InChI is InChI=1S/C14H9ClN2O/c15-10-5-9(7-16-8-10)6-12-11-3-1-2-4-13(11)17-14(12)18/h1-8H,(H,17,18). The number of halogens is 1. The molecule has 0 bridgehead atoms. The zero-order valence-corrected chi connectivity index (χ0v) is 10.1. The van der Waals surface area contributed by atoms with Gasteiger partial charge < -0.3 is 5.32 Å². The summed E-state index contributed by atoms with van der Waals surface area (Å²) in [5, 5.41) is 3.37. The maximum Gasteiger partial charge on any atom is 0.256 e. The zero-order chi connectivity index (χ0) is 12.5. The van der Waals surface area contributed by atoms with Crippen molar-refractivity contribution in [1.29, 1.82) is 0 Å². The van der Waals surface area contributed by atoms with Gasteiger partial charge in [0.15, 0.2) is 0 Å². The van der Waals surface area contributed by atoms with Crippen molar-refractivity contribution in [3.63, 3.8) is 0 Å². The topological polar surface area (TPSA) is 42.0 Å². The number of carbonyl (C=O) groups is 1. The van der Waals surface area contributed by atoms with E-state index < -0.39 is 0 Å². The van der Waals surface area contributed by atoms with Gasteiger partial charge in [0.2, 0.25) is 0 Å². The van der Waals surface area contributed by atoms with E-state index in [4.69, 9.17) is 11.6 Å². The zero-order valence-electron chi connectivity index (χ0n) is 9.35. The monoisotopic (exact) mass is 256 g/mol. The van der Waals surface area contributed by atoms with Crippen LogP contribution in [0.15, 0.2) is 42.7 Å². The lowest BCUT2D eigenvalue weighted by atomic mass is 10.1. The third kappa shape index (κ3) is 1.89. The molecule has 0 spiro atoms. The van der Waals surface area contributed by atoms with Gasteiger partial charge >= 0.3 is 0 Å². The lowest BCUT2D eigenvalue weighted by Crippen LogP contribution is -2.03. The fourth-order valence-corrected chi connectivity index (χ4v) is 2.14. The van der Waals surface area contributed by atoms with Gasteiger partial charge in [-0.1, -0.05) is 29.8 Å². The van der Waals surface area contributed by atoms with Gasteiger partial charge in [-0.2, -0.15) is 0 Å². The molecule has 0 aliphatic carbocycles. The molecule has 0 unspecified atom stereocenters. The van der Waals surface area contributed by atoms with Crippen molar-refractivity contribution in [2.75, 3.05) is 5.32 Å². The predicted molar refractivity (Wildman–Crippen MR) is 72.2 cm³/mol. The highest BCUT2D eigenvalue weighted by Gasteiger charge is 2.23. The van der Waals surface area contributed by atoms with Gasteiger partial charge in [-0.3, -0.25) is 9.78 Å². The molecule has 0 radical (unpaired) electrons. The van der Waals surface area contributed by atoms with E-state index in [2.05, 4.69) is 10.3 Å². The molecule has 4 heteroatoms. The van der Waals surface area contributed by atoms with Crippen LogP contribution in [0.3, 0.4) is 0 Å². The van der Waals surface area contributed by atoms with Crippen LogP contribution in [0.5, 0.6) is 0 Å². The van der Waals surface area contributed by atoms with Crippen molar-refractivity contribution in [1.82, 2.24) is 4.98 Å². The van der Waals surface area contributed by atoms with Crippen LogP contribution in [0.1, 0.15) is 11.1 Å². The fraction of sp³-hybridized carbons (Fsp3) is 0. The number of hydrogen-bond acceptors (Lipinski definition) is 2. The molecule has 18 heavy (non-hydrogen) atoms. The predicted octanol–water partition coefficient (Wildman–Crippen LogP) is 3.23. The van der Waals surface area contributed by atoms with E-state index in [1.165, 1.54) is 0 Å². The number of rotatable bonds is 1. The number of fused-ring (bicyclic) bond motifs is 1. The molecule has 1 aliphatic heterocycles. The number of carbonyl (C=O) groups excluding carboxylic acids is 1. The fourth-order valence-electron chi connectivity index (χ4n) is 1.96. The number of aromatic nitrogens is 1. The first-order chi connectivity index (χ1) is 8.74. The van der Waals surface area contributed by atoms with E-state index in [0.717, 1.165) is 16.8 Å². The van der Waals surface area contributed by atoms with Gasteiger partial charge in [-0.05, 0) is 23.8 Å². The van der Waals surface area contributed by atoms with Gasteiger partial charge in [-0.15, -0.1) is 0 Å². The number of para-hydroxylation sites is 1. The van der Waals surface area contributed by atoms with E-state index in [9.17, 15) is 4.79 Å². The third-order valence-electron chi connectivity index (χ3n) is 2.75. The molecule has 88 valence electrons. The Balaban J connectivity index is 2.10. The first kappa shape index (κ1) is 11.0. The molecule has 0 saturated heterocycles. The van der Waals surface area contributed by atoms with Crippen LogP contribution in [-0.2, 0) is 4.79 Å². The minimum atomic E-state index is -0.101. The molecule has 0 atom stereocenters. The van der Waals surface area contributed by atoms with Crippen LogP contribution in [0.2, 0.25) is 5.02 Å². The highest BCUT2D eigenvalue weighted by atomic mass is 35.5. The summed E-state index contributed by atoms with van der Waals surface area (Å²) in [4.78, 5) is 15.9. The van der Waals surface area contributed by atoms with Crippen LogP contribution >= 0.6 is 11.6 Å². The second-order valence-electron chi connectivity index (χ2n) is 3.99. The number of amides is 1. The Kier molecular flexibility index (Phi) is 2.61. The summed E-state index contributed by atoms with van der Waals surface area (Å²) in [6.45, 7) is 0. The molecule has 2 aromatic rings. The number of nitrogens with zero attached hydrogens (tertiary/aromatic N) is 1. The highest BCUT2D eigenvalue weighted by Crippen LogP contribution is 2.32. The maximum atomic E-state index is 11.9. The minimum absolute atomic E-state index is 0.101. The lowest BCUT2D eigenvalue weighted by molar-refractivity contribution is -0.110. The van der Waals surface area contributed by atoms with Crippen LogP contribution < -0.4 is 5.32 Å². The van der Waals surface area contributed by atoms with E-state index in [1.54, 1.807) is 24.5 Å². The van der Waals surface area contributed by atoms with Gasteiger partial charge in [0, 0.05) is 29.2 Å². The summed E-state index contributed by atoms with van der Waals surface area (Å²) in [6, 6.07) is 9.36. The molecular formula is C14H9ClN2O. The van der Waals surface area contributed by atoms with Crippen molar-refractivity contribution >= 4 is 34.8 Å². The molecule has 3 rings (SSSR count).